The lowest BCUT2D eigenvalue weighted by Crippen LogP contribution is -2.29. The number of benzene rings is 3. The highest BCUT2D eigenvalue weighted by molar-refractivity contribution is 6.31. The first kappa shape index (κ1) is 20.0. The van der Waals surface area contributed by atoms with Crippen LogP contribution in [0.3, 0.4) is 0 Å². The second kappa shape index (κ2) is 9.06. The molecule has 0 fully saturated rings. The first-order chi connectivity index (χ1) is 14.7. The number of amides is 1. The Kier molecular flexibility index (Phi) is 6.05. The Morgan fingerprint density at radius 3 is 2.50 bits per heavy atom. The molecule has 0 saturated heterocycles. The number of ether oxygens (including phenoxy) is 1. The van der Waals surface area contributed by atoms with E-state index in [2.05, 4.69) is 16.4 Å². The van der Waals surface area contributed by atoms with Gasteiger partial charge in [-0.3, -0.25) is 4.79 Å². The summed E-state index contributed by atoms with van der Waals surface area (Å²) in [5.41, 5.74) is 3.74. The fourth-order valence-electron chi connectivity index (χ4n) is 3.69. The highest BCUT2D eigenvalue weighted by Crippen LogP contribution is 2.34. The van der Waals surface area contributed by atoms with Gasteiger partial charge in [0.05, 0.1) is 6.61 Å². The molecule has 5 heteroatoms. The van der Waals surface area contributed by atoms with E-state index in [-0.39, 0.29) is 11.8 Å². The van der Waals surface area contributed by atoms with Crippen LogP contribution in [0.4, 0.5) is 0 Å². The van der Waals surface area contributed by atoms with Crippen LogP contribution in [0.5, 0.6) is 5.75 Å². The van der Waals surface area contributed by atoms with Crippen LogP contribution in [0.2, 0.25) is 5.02 Å². The first-order valence-corrected chi connectivity index (χ1v) is 10.4. The van der Waals surface area contributed by atoms with Crippen molar-refractivity contribution in [3.8, 4) is 5.75 Å². The highest BCUT2D eigenvalue weighted by atomic mass is 35.5. The maximum Gasteiger partial charge on any atom is 0.251 e. The van der Waals surface area contributed by atoms with Crippen molar-refractivity contribution in [2.24, 2.45) is 0 Å². The number of hydrogen-bond donors (Lipinski definition) is 2. The largest absolute Gasteiger partial charge is 0.494 e. The van der Waals surface area contributed by atoms with Crippen molar-refractivity contribution in [3.05, 3.63) is 101 Å². The molecule has 0 aliphatic rings. The van der Waals surface area contributed by atoms with E-state index in [1.54, 1.807) is 12.1 Å². The average Bonchev–Trinajstić information content (AvgIpc) is 3.20. The van der Waals surface area contributed by atoms with Crippen LogP contribution < -0.4 is 10.1 Å². The molecule has 0 aliphatic carbocycles. The molecule has 0 bridgehead atoms. The maximum atomic E-state index is 12.8. The predicted octanol–water partition coefficient (Wildman–Crippen LogP) is 5.78. The SMILES string of the molecule is CCOc1ccc(C(=O)NC[C@H](c2ccccc2Cl)c2c[nH]c3ccccc23)cc1. The Morgan fingerprint density at radius 1 is 1.00 bits per heavy atom. The summed E-state index contributed by atoms with van der Waals surface area (Å²) in [7, 11) is 0. The maximum absolute atomic E-state index is 12.8. The fraction of sp³-hybridized carbons (Fsp3) is 0.160. The number of para-hydroxylation sites is 1. The number of nitrogens with one attached hydrogen (secondary N) is 2. The second-order valence-corrected chi connectivity index (χ2v) is 7.44. The number of aromatic amines is 1. The standard InChI is InChI=1S/C25H23ClN2O2/c1-2-30-18-13-11-17(12-14-18)25(29)28-16-21(19-7-3-5-9-23(19)26)22-15-27-24-10-6-4-8-20(22)24/h3-15,21,27H,2,16H2,1H3,(H,28,29)/t21-/m1/s1. The minimum absolute atomic E-state index is 0.0819. The smallest absolute Gasteiger partial charge is 0.251 e. The molecule has 4 aromatic rings. The Bertz CT molecular complexity index is 1150. The van der Waals surface area contributed by atoms with Gasteiger partial charge in [0.1, 0.15) is 5.75 Å². The van der Waals surface area contributed by atoms with Gasteiger partial charge in [-0.25, -0.2) is 0 Å². The van der Waals surface area contributed by atoms with Crippen molar-refractivity contribution in [1.29, 1.82) is 0 Å². The van der Waals surface area contributed by atoms with Crippen LogP contribution in [0, 0.1) is 0 Å². The predicted molar refractivity (Wildman–Crippen MR) is 122 cm³/mol. The van der Waals surface area contributed by atoms with Crippen molar-refractivity contribution < 1.29 is 9.53 Å². The van der Waals surface area contributed by atoms with Gasteiger partial charge in [-0.05, 0) is 54.4 Å². The number of carbonyl (C=O) groups is 1. The summed E-state index contributed by atoms with van der Waals surface area (Å²) in [6.45, 7) is 2.95. The average molecular weight is 419 g/mol. The molecule has 4 nitrogen and oxygen atoms in total. The summed E-state index contributed by atoms with van der Waals surface area (Å²) in [6, 6.07) is 23.1. The quantitative estimate of drug-likeness (QED) is 0.399. The molecule has 0 aliphatic heterocycles. The number of hydrogen-bond acceptors (Lipinski definition) is 2. The minimum atomic E-state index is -0.130. The van der Waals surface area contributed by atoms with Crippen molar-refractivity contribution in [2.45, 2.75) is 12.8 Å². The van der Waals surface area contributed by atoms with E-state index in [1.165, 1.54) is 0 Å². The van der Waals surface area contributed by atoms with Crippen LogP contribution in [0.15, 0.2) is 79.0 Å². The Morgan fingerprint density at radius 2 is 1.73 bits per heavy atom. The Labute approximate surface area is 180 Å². The minimum Gasteiger partial charge on any atom is -0.494 e. The van der Waals surface area contributed by atoms with Gasteiger partial charge in [0.2, 0.25) is 0 Å². The van der Waals surface area contributed by atoms with Gasteiger partial charge in [0.25, 0.3) is 5.91 Å². The van der Waals surface area contributed by atoms with Gasteiger partial charge in [-0.15, -0.1) is 0 Å². The van der Waals surface area contributed by atoms with Crippen LogP contribution in [-0.4, -0.2) is 24.0 Å². The Balaban J connectivity index is 1.61. The van der Waals surface area contributed by atoms with Gasteiger partial charge < -0.3 is 15.0 Å². The first-order valence-electron chi connectivity index (χ1n) is 9.99. The number of rotatable bonds is 7. The van der Waals surface area contributed by atoms with Gasteiger partial charge in [0, 0.05) is 40.1 Å². The second-order valence-electron chi connectivity index (χ2n) is 7.03. The zero-order chi connectivity index (χ0) is 20.9. The van der Waals surface area contributed by atoms with Gasteiger partial charge in [0.15, 0.2) is 0 Å². The molecule has 0 unspecified atom stereocenters. The fourth-order valence-corrected chi connectivity index (χ4v) is 3.96. The van der Waals surface area contributed by atoms with Crippen LogP contribution in [-0.2, 0) is 0 Å². The molecule has 2 N–H and O–H groups in total. The summed E-state index contributed by atoms with van der Waals surface area (Å²) in [4.78, 5) is 16.1. The van der Waals surface area contributed by atoms with Crippen LogP contribution in [0.25, 0.3) is 10.9 Å². The number of fused-ring (bicyclic) bond motifs is 1. The van der Waals surface area contributed by atoms with Crippen molar-refractivity contribution in [3.63, 3.8) is 0 Å². The van der Waals surface area contributed by atoms with Gasteiger partial charge in [-0.1, -0.05) is 48.0 Å². The number of aromatic nitrogens is 1. The molecule has 4 rings (SSSR count). The van der Waals surface area contributed by atoms with E-state index < -0.39 is 0 Å². The molecule has 152 valence electrons. The molecule has 1 heterocycles. The van der Waals surface area contributed by atoms with E-state index in [9.17, 15) is 4.79 Å². The van der Waals surface area contributed by atoms with Gasteiger partial charge in [-0.2, -0.15) is 0 Å². The topological polar surface area (TPSA) is 54.1 Å². The number of carbonyl (C=O) groups excluding carboxylic acids is 1. The van der Waals surface area contributed by atoms with E-state index in [0.717, 1.165) is 27.8 Å². The van der Waals surface area contributed by atoms with E-state index >= 15 is 0 Å². The molecule has 1 amide bonds. The summed E-state index contributed by atoms with van der Waals surface area (Å²) >= 11 is 6.53. The lowest BCUT2D eigenvalue weighted by Gasteiger charge is -2.19. The van der Waals surface area contributed by atoms with E-state index in [1.807, 2.05) is 67.7 Å². The monoisotopic (exact) mass is 418 g/mol. The molecular weight excluding hydrogens is 396 g/mol. The third kappa shape index (κ3) is 4.19. The lowest BCUT2D eigenvalue weighted by molar-refractivity contribution is 0.0952. The highest BCUT2D eigenvalue weighted by Gasteiger charge is 2.21. The summed E-state index contributed by atoms with van der Waals surface area (Å²) in [5, 5.41) is 4.88. The molecule has 1 atom stereocenters. The lowest BCUT2D eigenvalue weighted by atomic mass is 9.90. The molecule has 0 radical (unpaired) electrons. The molecule has 0 saturated carbocycles. The zero-order valence-electron chi connectivity index (χ0n) is 16.7. The molecule has 1 aromatic heterocycles. The molecular formula is C25H23ClN2O2. The normalized spacial score (nSPS) is 11.9. The molecule has 0 spiro atoms. The van der Waals surface area contributed by atoms with Crippen LogP contribution >= 0.6 is 11.6 Å². The summed E-state index contributed by atoms with van der Waals surface area (Å²) < 4.78 is 5.45. The summed E-state index contributed by atoms with van der Waals surface area (Å²) in [5.74, 6) is 0.540. The third-order valence-electron chi connectivity index (χ3n) is 5.17. The molecule has 3 aromatic carbocycles. The number of halogens is 1. The van der Waals surface area contributed by atoms with Gasteiger partial charge >= 0.3 is 0 Å². The summed E-state index contributed by atoms with van der Waals surface area (Å²) in [6.07, 6.45) is 2.00. The van der Waals surface area contributed by atoms with E-state index in [4.69, 9.17) is 16.3 Å². The van der Waals surface area contributed by atoms with E-state index in [0.29, 0.717) is 23.7 Å². The third-order valence-corrected chi connectivity index (χ3v) is 5.52. The van der Waals surface area contributed by atoms with Crippen LogP contribution in [0.1, 0.15) is 34.3 Å². The van der Waals surface area contributed by atoms with Crippen molar-refractivity contribution >= 4 is 28.4 Å². The zero-order valence-corrected chi connectivity index (χ0v) is 17.4. The number of H-pyrrole nitrogens is 1. The molecule has 30 heavy (non-hydrogen) atoms. The Hall–Kier alpha value is -3.24. The van der Waals surface area contributed by atoms with Crippen molar-refractivity contribution in [2.75, 3.05) is 13.2 Å². The van der Waals surface area contributed by atoms with Crippen molar-refractivity contribution in [1.82, 2.24) is 10.3 Å².